The molecule has 2 rings (SSSR count). The molecule has 94 valence electrons. The van der Waals surface area contributed by atoms with Gasteiger partial charge in [0.15, 0.2) is 23.1 Å². The van der Waals surface area contributed by atoms with Gasteiger partial charge in [0.1, 0.15) is 13.2 Å². The molecule has 0 saturated carbocycles. The Hall–Kier alpha value is -1.36. The molecule has 0 spiro atoms. The second-order valence-electron chi connectivity index (χ2n) is 3.92. The van der Waals surface area contributed by atoms with Gasteiger partial charge in [0.2, 0.25) is 0 Å². The lowest BCUT2D eigenvalue weighted by molar-refractivity contribution is 0.167. The summed E-state index contributed by atoms with van der Waals surface area (Å²) in [7, 11) is 0. The number of hydrogen-bond donors (Lipinski definition) is 1. The molecule has 0 bridgehead atoms. The molecular weight excluding hydrogens is 228 g/mol. The van der Waals surface area contributed by atoms with Crippen LogP contribution in [0.5, 0.6) is 11.5 Å². The van der Waals surface area contributed by atoms with E-state index in [0.29, 0.717) is 38.3 Å². The maximum absolute atomic E-state index is 13.7. The highest BCUT2D eigenvalue weighted by atomic mass is 19.2. The molecule has 0 unspecified atom stereocenters. The molecule has 1 aromatic rings. The van der Waals surface area contributed by atoms with Gasteiger partial charge < -0.3 is 15.2 Å². The number of unbranched alkanes of at least 4 members (excludes halogenated alkanes) is 1. The maximum atomic E-state index is 13.7. The first-order valence-electron chi connectivity index (χ1n) is 5.70. The number of rotatable bonds is 4. The summed E-state index contributed by atoms with van der Waals surface area (Å²) in [5, 5.41) is 0. The monoisotopic (exact) mass is 243 g/mol. The van der Waals surface area contributed by atoms with E-state index >= 15 is 0 Å². The summed E-state index contributed by atoms with van der Waals surface area (Å²) in [6.07, 6.45) is 1.88. The second kappa shape index (κ2) is 5.31. The average Bonchev–Trinajstić information content (AvgIpc) is 2.34. The van der Waals surface area contributed by atoms with Crippen LogP contribution in [0, 0.1) is 11.6 Å². The standard InChI is InChI=1S/C12H15F2NO2/c13-9-7-10-12(17-6-5-16-10)8(11(9)14)3-1-2-4-15/h7H,1-6,15H2. The zero-order chi connectivity index (χ0) is 12.3. The smallest absolute Gasteiger partial charge is 0.167 e. The Morgan fingerprint density at radius 3 is 2.71 bits per heavy atom. The van der Waals surface area contributed by atoms with Crippen LogP contribution in [-0.4, -0.2) is 19.8 Å². The molecule has 1 aromatic carbocycles. The molecule has 0 radical (unpaired) electrons. The van der Waals surface area contributed by atoms with Gasteiger partial charge in [-0.3, -0.25) is 0 Å². The van der Waals surface area contributed by atoms with Crippen LogP contribution in [0.3, 0.4) is 0 Å². The van der Waals surface area contributed by atoms with Gasteiger partial charge in [0.25, 0.3) is 0 Å². The summed E-state index contributed by atoms with van der Waals surface area (Å²) in [5.41, 5.74) is 5.63. The minimum Gasteiger partial charge on any atom is -0.486 e. The van der Waals surface area contributed by atoms with E-state index in [-0.39, 0.29) is 11.3 Å². The predicted molar refractivity (Wildman–Crippen MR) is 59.3 cm³/mol. The van der Waals surface area contributed by atoms with Crippen LogP contribution in [0.1, 0.15) is 18.4 Å². The minimum absolute atomic E-state index is 0.258. The number of ether oxygens (including phenoxy) is 2. The van der Waals surface area contributed by atoms with Crippen molar-refractivity contribution < 1.29 is 18.3 Å². The van der Waals surface area contributed by atoms with Crippen LogP contribution >= 0.6 is 0 Å². The lowest BCUT2D eigenvalue weighted by Crippen LogP contribution is -2.18. The topological polar surface area (TPSA) is 44.5 Å². The fourth-order valence-corrected chi connectivity index (χ4v) is 1.87. The van der Waals surface area contributed by atoms with Gasteiger partial charge in [-0.2, -0.15) is 0 Å². The molecule has 2 N–H and O–H groups in total. The van der Waals surface area contributed by atoms with E-state index in [1.807, 2.05) is 0 Å². The van der Waals surface area contributed by atoms with Gasteiger partial charge in [-0.25, -0.2) is 8.78 Å². The third-order valence-electron chi connectivity index (χ3n) is 2.70. The fraction of sp³-hybridized carbons (Fsp3) is 0.500. The van der Waals surface area contributed by atoms with Crippen LogP contribution in [-0.2, 0) is 6.42 Å². The Morgan fingerprint density at radius 1 is 1.18 bits per heavy atom. The molecule has 3 nitrogen and oxygen atoms in total. The number of nitrogens with two attached hydrogens (primary N) is 1. The summed E-state index contributed by atoms with van der Waals surface area (Å²) in [6, 6.07) is 1.04. The van der Waals surface area contributed by atoms with Crippen LogP contribution in [0.15, 0.2) is 6.07 Å². The minimum atomic E-state index is -0.892. The molecule has 5 heteroatoms. The third-order valence-corrected chi connectivity index (χ3v) is 2.70. The van der Waals surface area contributed by atoms with E-state index in [9.17, 15) is 8.78 Å². The van der Waals surface area contributed by atoms with E-state index in [2.05, 4.69) is 0 Å². The average molecular weight is 243 g/mol. The lowest BCUT2D eigenvalue weighted by Gasteiger charge is -2.21. The summed E-state index contributed by atoms with van der Waals surface area (Å²) in [4.78, 5) is 0. The largest absolute Gasteiger partial charge is 0.486 e. The van der Waals surface area contributed by atoms with Crippen LogP contribution in [0.25, 0.3) is 0 Å². The van der Waals surface area contributed by atoms with E-state index in [4.69, 9.17) is 15.2 Å². The zero-order valence-corrected chi connectivity index (χ0v) is 9.47. The first-order chi connectivity index (χ1) is 8.24. The highest BCUT2D eigenvalue weighted by Gasteiger charge is 2.22. The normalized spacial score (nSPS) is 13.8. The molecule has 0 amide bonds. The number of halogens is 2. The van der Waals surface area contributed by atoms with Crippen molar-refractivity contribution in [2.45, 2.75) is 19.3 Å². The van der Waals surface area contributed by atoms with Gasteiger partial charge in [-0.1, -0.05) is 0 Å². The molecule has 17 heavy (non-hydrogen) atoms. The quantitative estimate of drug-likeness (QED) is 0.823. The summed E-state index contributed by atoms with van der Waals surface area (Å²) in [6.45, 7) is 1.26. The summed E-state index contributed by atoms with van der Waals surface area (Å²) in [5.74, 6) is -1.10. The van der Waals surface area contributed by atoms with E-state index < -0.39 is 11.6 Å². The first kappa shape index (κ1) is 12.1. The van der Waals surface area contributed by atoms with E-state index in [0.717, 1.165) is 12.5 Å². The van der Waals surface area contributed by atoms with Crippen LogP contribution in [0.2, 0.25) is 0 Å². The molecule has 1 heterocycles. The van der Waals surface area contributed by atoms with Crippen molar-refractivity contribution >= 4 is 0 Å². The Labute approximate surface area is 98.5 Å². The molecule has 0 aromatic heterocycles. The molecule has 0 atom stereocenters. The number of benzene rings is 1. The maximum Gasteiger partial charge on any atom is 0.167 e. The lowest BCUT2D eigenvalue weighted by atomic mass is 10.0. The number of fused-ring (bicyclic) bond motifs is 1. The van der Waals surface area contributed by atoms with Crippen LogP contribution in [0.4, 0.5) is 8.78 Å². The van der Waals surface area contributed by atoms with Crippen molar-refractivity contribution in [1.29, 1.82) is 0 Å². The van der Waals surface area contributed by atoms with Crippen molar-refractivity contribution in [3.8, 4) is 11.5 Å². The number of hydrogen-bond acceptors (Lipinski definition) is 3. The fourth-order valence-electron chi connectivity index (χ4n) is 1.87. The Balaban J connectivity index is 2.30. The first-order valence-corrected chi connectivity index (χ1v) is 5.70. The van der Waals surface area contributed by atoms with Gasteiger partial charge >= 0.3 is 0 Å². The molecular formula is C12H15F2NO2. The van der Waals surface area contributed by atoms with Gasteiger partial charge in [-0.05, 0) is 25.8 Å². The van der Waals surface area contributed by atoms with Gasteiger partial charge in [0, 0.05) is 11.6 Å². The second-order valence-corrected chi connectivity index (χ2v) is 3.92. The molecule has 1 aliphatic rings. The highest BCUT2D eigenvalue weighted by molar-refractivity contribution is 5.48. The highest BCUT2D eigenvalue weighted by Crippen LogP contribution is 2.37. The molecule has 0 fully saturated rings. The van der Waals surface area contributed by atoms with Crippen LogP contribution < -0.4 is 15.2 Å². The summed E-state index contributed by atoms with van der Waals surface area (Å²) < 4.78 is 37.6. The zero-order valence-electron chi connectivity index (χ0n) is 9.47. The van der Waals surface area contributed by atoms with Gasteiger partial charge in [-0.15, -0.1) is 0 Å². The van der Waals surface area contributed by atoms with Crippen molar-refractivity contribution in [3.05, 3.63) is 23.3 Å². The molecule has 0 saturated heterocycles. The van der Waals surface area contributed by atoms with Crippen molar-refractivity contribution in [1.82, 2.24) is 0 Å². The summed E-state index contributed by atoms with van der Waals surface area (Å²) >= 11 is 0. The molecule has 0 aliphatic carbocycles. The van der Waals surface area contributed by atoms with E-state index in [1.54, 1.807) is 0 Å². The van der Waals surface area contributed by atoms with Crippen molar-refractivity contribution in [2.75, 3.05) is 19.8 Å². The van der Waals surface area contributed by atoms with Crippen molar-refractivity contribution in [3.63, 3.8) is 0 Å². The SMILES string of the molecule is NCCCCc1c(F)c(F)cc2c1OCCO2. The molecule has 1 aliphatic heterocycles. The Morgan fingerprint density at radius 2 is 1.94 bits per heavy atom. The third kappa shape index (κ3) is 2.49. The Kier molecular flexibility index (Phi) is 3.78. The predicted octanol–water partition coefficient (Wildman–Crippen LogP) is 2.02. The van der Waals surface area contributed by atoms with Crippen molar-refractivity contribution in [2.24, 2.45) is 5.73 Å². The van der Waals surface area contributed by atoms with Gasteiger partial charge in [0.05, 0.1) is 0 Å². The Bertz CT molecular complexity index is 410. The van der Waals surface area contributed by atoms with E-state index in [1.165, 1.54) is 0 Å².